The summed E-state index contributed by atoms with van der Waals surface area (Å²) < 4.78 is 0. The van der Waals surface area contributed by atoms with Gasteiger partial charge >= 0.3 is 0 Å². The van der Waals surface area contributed by atoms with Crippen LogP contribution in [0.2, 0.25) is 0 Å². The summed E-state index contributed by atoms with van der Waals surface area (Å²) >= 11 is 0. The molecule has 9 aromatic carbocycles. The Bertz CT molecular complexity index is 2870. The second-order valence-electron chi connectivity index (χ2n) is 14.5. The molecule has 250 valence electrons. The molecule has 2 aliphatic heterocycles. The maximum absolute atomic E-state index is 5.11. The van der Waals surface area contributed by atoms with Gasteiger partial charge in [-0.2, -0.15) is 0 Å². The minimum atomic E-state index is 0.281. The maximum atomic E-state index is 5.11. The Morgan fingerprint density at radius 1 is 0.415 bits per heavy atom. The summed E-state index contributed by atoms with van der Waals surface area (Å²) in [6, 6.07) is 60.8. The lowest BCUT2D eigenvalue weighted by molar-refractivity contribution is 0.312. The number of nitrogens with zero attached hydrogens (tertiary/aromatic N) is 2. The zero-order valence-corrected chi connectivity index (χ0v) is 29.3. The molecule has 0 fully saturated rings. The highest BCUT2D eigenvalue weighted by Crippen LogP contribution is 2.50. The number of allylic oxidation sites excluding steroid dienone is 1. The van der Waals surface area contributed by atoms with Crippen LogP contribution in [0.5, 0.6) is 0 Å². The first-order chi connectivity index (χ1) is 26.3. The minimum absolute atomic E-state index is 0.281. The molecule has 0 saturated carbocycles. The van der Waals surface area contributed by atoms with E-state index in [-0.39, 0.29) is 6.17 Å². The smallest absolute Gasteiger partial charge is 0.121 e. The van der Waals surface area contributed by atoms with Gasteiger partial charge in [0.1, 0.15) is 6.17 Å². The van der Waals surface area contributed by atoms with Crippen LogP contribution in [-0.2, 0) is 0 Å². The van der Waals surface area contributed by atoms with Crippen LogP contribution in [0.1, 0.15) is 18.4 Å². The molecular weight excluding hydrogens is 641 g/mol. The SMILES string of the molecule is C1=CN2CC(c3ccc(-c4c5ccccc5c(-c5c6ccccc6c(-c6ccc7ccccc7c6)c6ccccc56)c5ccccc45)cc3)=NC2CC1. The van der Waals surface area contributed by atoms with E-state index in [9.17, 15) is 0 Å². The number of aliphatic imine (C=N–C) groups is 1. The molecule has 9 aromatic rings. The predicted octanol–water partition coefficient (Wildman–Crippen LogP) is 13.2. The Labute approximate surface area is 309 Å². The topological polar surface area (TPSA) is 15.6 Å². The number of rotatable bonds is 4. The molecule has 11 rings (SSSR count). The van der Waals surface area contributed by atoms with Crippen molar-refractivity contribution in [2.24, 2.45) is 4.99 Å². The largest absolute Gasteiger partial charge is 0.350 e. The van der Waals surface area contributed by atoms with E-state index in [1.54, 1.807) is 0 Å². The van der Waals surface area contributed by atoms with Crippen LogP contribution in [0.3, 0.4) is 0 Å². The van der Waals surface area contributed by atoms with Gasteiger partial charge in [-0.3, -0.25) is 4.99 Å². The Hall–Kier alpha value is -6.51. The third-order valence-electron chi connectivity index (χ3n) is 11.6. The molecule has 0 aliphatic carbocycles. The van der Waals surface area contributed by atoms with Crippen molar-refractivity contribution in [2.75, 3.05) is 6.54 Å². The summed E-state index contributed by atoms with van der Waals surface area (Å²) in [4.78, 5) is 7.48. The lowest BCUT2D eigenvalue weighted by atomic mass is 9.81. The Kier molecular flexibility index (Phi) is 6.85. The summed E-state index contributed by atoms with van der Waals surface area (Å²) in [6.07, 6.45) is 6.97. The molecule has 0 bridgehead atoms. The fraction of sp³-hybridized carbons (Fsp3) is 0.0784. The second kappa shape index (κ2) is 12.0. The van der Waals surface area contributed by atoms with Crippen LogP contribution < -0.4 is 0 Å². The van der Waals surface area contributed by atoms with Gasteiger partial charge in [-0.1, -0.05) is 164 Å². The summed E-state index contributed by atoms with van der Waals surface area (Å²) in [5, 5.41) is 12.7. The Morgan fingerprint density at radius 3 is 1.38 bits per heavy atom. The van der Waals surface area contributed by atoms with Crippen molar-refractivity contribution >= 4 is 59.6 Å². The van der Waals surface area contributed by atoms with Gasteiger partial charge in [0.2, 0.25) is 0 Å². The molecule has 1 unspecified atom stereocenters. The van der Waals surface area contributed by atoms with Gasteiger partial charge in [-0.05, 0) is 118 Å². The molecular formula is C51H36N2. The molecule has 0 amide bonds. The average Bonchev–Trinajstić information content (AvgIpc) is 3.67. The van der Waals surface area contributed by atoms with Crippen LogP contribution >= 0.6 is 0 Å². The highest BCUT2D eigenvalue weighted by molar-refractivity contribution is 6.30. The van der Waals surface area contributed by atoms with Crippen LogP contribution in [0, 0.1) is 0 Å². The first-order valence-corrected chi connectivity index (χ1v) is 18.8. The molecule has 2 aliphatic rings. The Balaban J connectivity index is 1.16. The van der Waals surface area contributed by atoms with E-state index in [0.717, 1.165) is 19.4 Å². The van der Waals surface area contributed by atoms with Crippen molar-refractivity contribution in [3.63, 3.8) is 0 Å². The summed E-state index contributed by atoms with van der Waals surface area (Å²) in [5.74, 6) is 0. The molecule has 0 aromatic heterocycles. The van der Waals surface area contributed by atoms with Crippen molar-refractivity contribution in [3.8, 4) is 33.4 Å². The molecule has 2 heteroatoms. The number of hydrogen-bond donors (Lipinski definition) is 0. The quantitative estimate of drug-likeness (QED) is 0.169. The van der Waals surface area contributed by atoms with E-state index in [2.05, 4.69) is 181 Å². The van der Waals surface area contributed by atoms with Crippen LogP contribution in [0.15, 0.2) is 181 Å². The van der Waals surface area contributed by atoms with E-state index in [0.29, 0.717) is 0 Å². The zero-order valence-electron chi connectivity index (χ0n) is 29.3. The minimum Gasteiger partial charge on any atom is -0.350 e. The maximum Gasteiger partial charge on any atom is 0.121 e. The van der Waals surface area contributed by atoms with Crippen molar-refractivity contribution in [1.29, 1.82) is 0 Å². The summed E-state index contributed by atoms with van der Waals surface area (Å²) in [6.45, 7) is 0.878. The highest BCUT2D eigenvalue weighted by Gasteiger charge is 2.26. The molecule has 2 heterocycles. The predicted molar refractivity (Wildman–Crippen MR) is 226 cm³/mol. The molecule has 0 N–H and O–H groups in total. The van der Waals surface area contributed by atoms with Crippen LogP contribution in [0.25, 0.3) is 87.2 Å². The van der Waals surface area contributed by atoms with Crippen LogP contribution in [0.4, 0.5) is 0 Å². The monoisotopic (exact) mass is 676 g/mol. The molecule has 1 atom stereocenters. The normalized spacial score (nSPS) is 15.5. The van der Waals surface area contributed by atoms with Gasteiger partial charge in [0.15, 0.2) is 0 Å². The third-order valence-corrected chi connectivity index (χ3v) is 11.6. The van der Waals surface area contributed by atoms with E-state index >= 15 is 0 Å². The third kappa shape index (κ3) is 4.76. The lowest BCUT2D eigenvalue weighted by Crippen LogP contribution is -2.27. The average molecular weight is 677 g/mol. The van der Waals surface area contributed by atoms with E-state index in [1.165, 1.54) is 98.5 Å². The first-order valence-electron chi connectivity index (χ1n) is 18.8. The molecule has 0 radical (unpaired) electrons. The zero-order chi connectivity index (χ0) is 34.9. The standard InChI is InChI=1S/C51H36N2/c1-2-14-36-31-37(29-24-33(36)13-1)49-40-17-5-9-21-44(40)51(45-22-10-6-18-41(45)49)50-42-19-7-3-15-38(42)48(39-16-4-8-20-43(39)50)35-27-25-34(26-28-35)46-32-53-30-12-11-23-47(53)52-46/h1-10,12-22,24-31,47H,11,23,32H2. The fourth-order valence-corrected chi connectivity index (χ4v) is 9.17. The van der Waals surface area contributed by atoms with Gasteiger partial charge in [0, 0.05) is 0 Å². The van der Waals surface area contributed by atoms with E-state index in [4.69, 9.17) is 4.99 Å². The summed E-state index contributed by atoms with van der Waals surface area (Å²) in [7, 11) is 0. The number of hydrogen-bond acceptors (Lipinski definition) is 2. The lowest BCUT2D eigenvalue weighted by Gasteiger charge is -2.23. The Morgan fingerprint density at radius 2 is 0.849 bits per heavy atom. The van der Waals surface area contributed by atoms with Crippen LogP contribution in [-0.4, -0.2) is 23.3 Å². The van der Waals surface area contributed by atoms with Gasteiger partial charge in [0.25, 0.3) is 0 Å². The molecule has 53 heavy (non-hydrogen) atoms. The van der Waals surface area contributed by atoms with Crippen molar-refractivity contribution < 1.29 is 0 Å². The van der Waals surface area contributed by atoms with Crippen molar-refractivity contribution in [3.05, 3.63) is 182 Å². The number of fused-ring (bicyclic) bond motifs is 6. The van der Waals surface area contributed by atoms with Crippen molar-refractivity contribution in [2.45, 2.75) is 19.0 Å². The summed E-state index contributed by atoms with van der Waals surface area (Å²) in [5.41, 5.74) is 10.0. The molecule has 0 spiro atoms. The van der Waals surface area contributed by atoms with E-state index < -0.39 is 0 Å². The molecule has 2 nitrogen and oxygen atoms in total. The first kappa shape index (κ1) is 30.1. The van der Waals surface area contributed by atoms with E-state index in [1.807, 2.05) is 0 Å². The van der Waals surface area contributed by atoms with Crippen molar-refractivity contribution in [1.82, 2.24) is 4.90 Å². The molecule has 0 saturated heterocycles. The van der Waals surface area contributed by atoms with Gasteiger partial charge < -0.3 is 4.90 Å². The van der Waals surface area contributed by atoms with Gasteiger partial charge in [-0.25, -0.2) is 0 Å². The second-order valence-corrected chi connectivity index (χ2v) is 14.5. The highest BCUT2D eigenvalue weighted by atomic mass is 15.3. The van der Waals surface area contributed by atoms with Gasteiger partial charge in [-0.15, -0.1) is 0 Å². The fourth-order valence-electron chi connectivity index (χ4n) is 9.17. The van der Waals surface area contributed by atoms with Gasteiger partial charge in [0.05, 0.1) is 12.3 Å². The number of benzene rings is 9.